The van der Waals surface area contributed by atoms with Crippen molar-refractivity contribution in [3.8, 4) is 0 Å². The molecule has 34 valence electrons. The summed E-state index contributed by atoms with van der Waals surface area (Å²) in [5.41, 5.74) is 4.74. The summed E-state index contributed by atoms with van der Waals surface area (Å²) < 4.78 is 0. The van der Waals surface area contributed by atoms with E-state index in [2.05, 4.69) is 0 Å². The Bertz CT molecular complexity index is 78.9. The van der Waals surface area contributed by atoms with Gasteiger partial charge in [-0.2, -0.15) is 0 Å². The lowest BCUT2D eigenvalue weighted by Crippen LogP contribution is -1.80. The van der Waals surface area contributed by atoms with Crippen LogP contribution in [0.15, 0.2) is 12.3 Å². The van der Waals surface area contributed by atoms with Crippen LogP contribution in [0.4, 0.5) is 0 Å². The second kappa shape index (κ2) is 2.72. The third-order valence-corrected chi connectivity index (χ3v) is 0.353. The van der Waals surface area contributed by atoms with E-state index >= 15 is 0 Å². The van der Waals surface area contributed by atoms with Crippen LogP contribution >= 0.6 is 11.6 Å². The number of hydrogen-bond donors (Lipinski definition) is 1. The number of carbonyl (C=O) groups excluding carboxylic acids is 1. The van der Waals surface area contributed by atoms with E-state index in [1.807, 2.05) is 0 Å². The summed E-state index contributed by atoms with van der Waals surface area (Å²) in [6.45, 7) is 0. The maximum Gasteiger partial charge on any atom is 0.246 e. The fourth-order valence-corrected chi connectivity index (χ4v) is 0.148. The van der Waals surface area contributed by atoms with Gasteiger partial charge in [0.25, 0.3) is 0 Å². The van der Waals surface area contributed by atoms with Crippen molar-refractivity contribution in [3.05, 3.63) is 12.3 Å². The minimum atomic E-state index is -0.544. The first-order valence-electron chi connectivity index (χ1n) is 1.35. The molecule has 6 heavy (non-hydrogen) atoms. The summed E-state index contributed by atoms with van der Waals surface area (Å²) >= 11 is 4.77. The molecule has 0 aliphatic heterocycles. The maximum atomic E-state index is 9.64. The number of halogens is 1. The van der Waals surface area contributed by atoms with E-state index in [1.54, 1.807) is 0 Å². The summed E-state index contributed by atoms with van der Waals surface area (Å²) in [5.74, 6) is 0. The van der Waals surface area contributed by atoms with Crippen molar-refractivity contribution in [2.24, 2.45) is 5.73 Å². The van der Waals surface area contributed by atoms with E-state index in [0.717, 1.165) is 12.3 Å². The van der Waals surface area contributed by atoms with Crippen LogP contribution in [0.25, 0.3) is 0 Å². The Labute approximate surface area is 40.6 Å². The highest BCUT2D eigenvalue weighted by Gasteiger charge is 1.77. The van der Waals surface area contributed by atoms with Crippen LogP contribution in [0.1, 0.15) is 0 Å². The average Bonchev–Trinajstić information content (AvgIpc) is 1.35. The number of carbonyl (C=O) groups is 1. The van der Waals surface area contributed by atoms with Crippen LogP contribution in [-0.2, 0) is 4.79 Å². The summed E-state index contributed by atoms with van der Waals surface area (Å²) in [7, 11) is 0. The highest BCUT2D eigenvalue weighted by atomic mass is 35.5. The van der Waals surface area contributed by atoms with Gasteiger partial charge in [-0.3, -0.25) is 4.79 Å². The van der Waals surface area contributed by atoms with Gasteiger partial charge in [0.05, 0.1) is 0 Å². The third kappa shape index (κ3) is 3.50. The first kappa shape index (κ1) is 5.50. The third-order valence-electron chi connectivity index (χ3n) is 0.227. The predicted molar refractivity (Wildman–Crippen MR) is 24.2 cm³/mol. The molecule has 0 aromatic rings. The molecule has 0 amide bonds. The zero-order chi connectivity index (χ0) is 4.99. The van der Waals surface area contributed by atoms with Crippen molar-refractivity contribution in [2.45, 2.75) is 0 Å². The summed E-state index contributed by atoms with van der Waals surface area (Å²) in [6, 6.07) is 0. The van der Waals surface area contributed by atoms with E-state index in [4.69, 9.17) is 17.3 Å². The van der Waals surface area contributed by atoms with Gasteiger partial charge in [0, 0.05) is 6.08 Å². The summed E-state index contributed by atoms with van der Waals surface area (Å²) in [6.07, 6.45) is 2.16. The van der Waals surface area contributed by atoms with Crippen molar-refractivity contribution in [2.75, 3.05) is 0 Å². The van der Waals surface area contributed by atoms with Crippen molar-refractivity contribution < 1.29 is 4.79 Å². The van der Waals surface area contributed by atoms with E-state index in [9.17, 15) is 4.79 Å². The quantitative estimate of drug-likeness (QED) is 0.383. The molecule has 0 aromatic heterocycles. The first-order chi connectivity index (χ1) is 2.77. The Kier molecular flexibility index (Phi) is 2.50. The number of nitrogens with two attached hydrogens (primary N) is 1. The molecule has 0 heterocycles. The van der Waals surface area contributed by atoms with Gasteiger partial charge in [-0.25, -0.2) is 0 Å². The number of allylic oxidation sites excluding steroid dienone is 1. The lowest BCUT2D eigenvalue weighted by Gasteiger charge is -1.66. The fraction of sp³-hybridized carbons (Fsp3) is 0. The highest BCUT2D eigenvalue weighted by molar-refractivity contribution is 6.66. The molecule has 0 aromatic carbocycles. The molecule has 0 aliphatic rings. The Hall–Kier alpha value is -0.500. The van der Waals surface area contributed by atoms with E-state index < -0.39 is 5.24 Å². The molecule has 0 aliphatic carbocycles. The van der Waals surface area contributed by atoms with Gasteiger partial charge >= 0.3 is 0 Å². The lowest BCUT2D eigenvalue weighted by atomic mass is 10.7. The molecule has 0 unspecified atom stereocenters. The standard InChI is InChI=1S/C3H4ClNO/c4-3(6)1-2-5/h1-2H,5H2. The van der Waals surface area contributed by atoms with E-state index in [-0.39, 0.29) is 0 Å². The first-order valence-corrected chi connectivity index (χ1v) is 1.73. The molecule has 0 bridgehead atoms. The maximum absolute atomic E-state index is 9.64. The van der Waals surface area contributed by atoms with Crippen molar-refractivity contribution in [3.63, 3.8) is 0 Å². The highest BCUT2D eigenvalue weighted by Crippen LogP contribution is 1.76. The Morgan fingerprint density at radius 2 is 2.33 bits per heavy atom. The van der Waals surface area contributed by atoms with Gasteiger partial charge in [0.2, 0.25) is 5.24 Å². The van der Waals surface area contributed by atoms with Gasteiger partial charge < -0.3 is 5.73 Å². The molecule has 0 rings (SSSR count). The average molecular weight is 106 g/mol. The summed E-state index contributed by atoms with van der Waals surface area (Å²) in [5, 5.41) is -0.544. The van der Waals surface area contributed by atoms with Gasteiger partial charge in [-0.05, 0) is 17.8 Å². The normalized spacial score (nSPS) is 9.50. The molecule has 2 N–H and O–H groups in total. The summed E-state index contributed by atoms with van der Waals surface area (Å²) in [4.78, 5) is 9.64. The zero-order valence-electron chi connectivity index (χ0n) is 3.02. The van der Waals surface area contributed by atoms with Crippen molar-refractivity contribution in [1.82, 2.24) is 0 Å². The molecule has 0 atom stereocenters. The molecule has 3 heteroatoms. The van der Waals surface area contributed by atoms with Crippen molar-refractivity contribution >= 4 is 16.8 Å². The molecule has 0 spiro atoms. The van der Waals surface area contributed by atoms with Gasteiger partial charge in [-0.1, -0.05) is 0 Å². The molecule has 0 saturated heterocycles. The van der Waals surface area contributed by atoms with E-state index in [0.29, 0.717) is 0 Å². The molecular formula is C3H4ClNO. The number of rotatable bonds is 1. The zero-order valence-corrected chi connectivity index (χ0v) is 3.77. The lowest BCUT2D eigenvalue weighted by molar-refractivity contribution is -0.107. The molecule has 0 saturated carbocycles. The van der Waals surface area contributed by atoms with E-state index in [1.165, 1.54) is 0 Å². The second-order valence-electron chi connectivity index (χ2n) is 0.663. The minimum Gasteiger partial charge on any atom is -0.404 e. The molecule has 0 radical (unpaired) electrons. The van der Waals surface area contributed by atoms with Crippen LogP contribution in [-0.4, -0.2) is 5.24 Å². The fourth-order valence-electron chi connectivity index (χ4n) is 0.0757. The monoisotopic (exact) mass is 105 g/mol. The molecule has 0 fully saturated rings. The molecular weight excluding hydrogens is 101 g/mol. The van der Waals surface area contributed by atoms with Gasteiger partial charge in [-0.15, -0.1) is 0 Å². The Balaban J connectivity index is 3.30. The van der Waals surface area contributed by atoms with Crippen molar-refractivity contribution in [1.29, 1.82) is 0 Å². The molecule has 2 nitrogen and oxygen atoms in total. The van der Waals surface area contributed by atoms with Crippen LogP contribution in [0, 0.1) is 0 Å². The SMILES string of the molecule is NC=CC(=O)Cl. The minimum absolute atomic E-state index is 0.544. The largest absolute Gasteiger partial charge is 0.404 e. The van der Waals surface area contributed by atoms with Crippen LogP contribution in [0.5, 0.6) is 0 Å². The second-order valence-corrected chi connectivity index (χ2v) is 1.04. The predicted octanol–water partition coefficient (Wildman–Crippen LogP) is 0.224. The Morgan fingerprint density at radius 1 is 1.83 bits per heavy atom. The van der Waals surface area contributed by atoms with Crippen LogP contribution in [0.2, 0.25) is 0 Å². The smallest absolute Gasteiger partial charge is 0.246 e. The van der Waals surface area contributed by atoms with Gasteiger partial charge in [0.15, 0.2) is 0 Å². The Morgan fingerprint density at radius 3 is 2.33 bits per heavy atom. The van der Waals surface area contributed by atoms with Gasteiger partial charge in [0.1, 0.15) is 0 Å². The number of hydrogen-bond acceptors (Lipinski definition) is 2. The topological polar surface area (TPSA) is 43.1 Å². The van der Waals surface area contributed by atoms with Crippen LogP contribution < -0.4 is 5.73 Å². The van der Waals surface area contributed by atoms with Crippen LogP contribution in [0.3, 0.4) is 0 Å².